The average Bonchev–Trinajstić information content (AvgIpc) is 2.70. The zero-order valence-corrected chi connectivity index (χ0v) is 15.0. The summed E-state index contributed by atoms with van der Waals surface area (Å²) in [7, 11) is 1.31. The van der Waals surface area contributed by atoms with Crippen molar-refractivity contribution in [1.82, 2.24) is 0 Å². The van der Waals surface area contributed by atoms with Crippen molar-refractivity contribution in [2.45, 2.75) is 6.61 Å². The molecule has 0 aromatic heterocycles. The Morgan fingerprint density at radius 3 is 2.39 bits per heavy atom. The molecule has 0 aliphatic rings. The zero-order chi connectivity index (χ0) is 20.4. The molecule has 0 amide bonds. The number of halogens is 2. The molecule has 0 aliphatic carbocycles. The molecule has 0 fully saturated rings. The first-order valence-corrected chi connectivity index (χ1v) is 8.19. The summed E-state index contributed by atoms with van der Waals surface area (Å²) in [4.78, 5) is 23.4. The summed E-state index contributed by atoms with van der Waals surface area (Å²) in [5, 5.41) is 0. The van der Waals surface area contributed by atoms with Gasteiger partial charge >= 0.3 is 18.6 Å². The van der Waals surface area contributed by atoms with E-state index >= 15 is 0 Å². The van der Waals surface area contributed by atoms with Gasteiger partial charge in [0.15, 0.2) is 11.5 Å². The van der Waals surface area contributed by atoms with Gasteiger partial charge in [-0.25, -0.2) is 9.59 Å². The molecule has 0 aliphatic heterocycles. The van der Waals surface area contributed by atoms with Crippen molar-refractivity contribution in [1.29, 1.82) is 0 Å². The van der Waals surface area contributed by atoms with Gasteiger partial charge in [0.2, 0.25) is 0 Å². The van der Waals surface area contributed by atoms with Gasteiger partial charge in [-0.2, -0.15) is 8.78 Å². The highest BCUT2D eigenvalue weighted by molar-refractivity contribution is 5.89. The Bertz CT molecular complexity index is 821. The Morgan fingerprint density at radius 1 is 1.00 bits per heavy atom. The maximum Gasteiger partial charge on any atom is 0.387 e. The summed E-state index contributed by atoms with van der Waals surface area (Å²) in [5.74, 6) is -1.17. The van der Waals surface area contributed by atoms with Crippen LogP contribution in [0.2, 0.25) is 0 Å². The quantitative estimate of drug-likeness (QED) is 0.368. The van der Waals surface area contributed by atoms with Crippen LogP contribution in [0.25, 0.3) is 6.08 Å². The van der Waals surface area contributed by atoms with Gasteiger partial charge in [-0.15, -0.1) is 0 Å². The van der Waals surface area contributed by atoms with Crippen LogP contribution in [0.15, 0.2) is 54.6 Å². The van der Waals surface area contributed by atoms with E-state index in [-0.39, 0.29) is 24.7 Å². The van der Waals surface area contributed by atoms with E-state index < -0.39 is 18.6 Å². The molecule has 28 heavy (non-hydrogen) atoms. The molecular weight excluding hydrogens is 374 g/mol. The third kappa shape index (κ3) is 6.71. The smallest absolute Gasteiger partial charge is 0.387 e. The number of ether oxygens (including phenoxy) is 4. The summed E-state index contributed by atoms with van der Waals surface area (Å²) < 4.78 is 43.8. The lowest BCUT2D eigenvalue weighted by Crippen LogP contribution is -2.12. The molecule has 2 rings (SSSR count). The first kappa shape index (κ1) is 20.9. The Hall–Kier alpha value is -3.42. The van der Waals surface area contributed by atoms with Gasteiger partial charge in [-0.05, 0) is 35.9 Å². The fourth-order valence-corrected chi connectivity index (χ4v) is 2.13. The molecule has 0 radical (unpaired) electrons. The zero-order valence-electron chi connectivity index (χ0n) is 15.0. The van der Waals surface area contributed by atoms with Gasteiger partial charge in [0, 0.05) is 6.08 Å². The molecule has 0 N–H and O–H groups in total. The van der Waals surface area contributed by atoms with Crippen molar-refractivity contribution in [2.75, 3.05) is 20.3 Å². The van der Waals surface area contributed by atoms with Gasteiger partial charge in [0.05, 0.1) is 12.7 Å². The predicted molar refractivity (Wildman–Crippen MR) is 96.3 cm³/mol. The first-order chi connectivity index (χ1) is 13.5. The highest BCUT2D eigenvalue weighted by Crippen LogP contribution is 2.29. The van der Waals surface area contributed by atoms with E-state index in [2.05, 4.69) is 4.74 Å². The van der Waals surface area contributed by atoms with E-state index in [1.165, 1.54) is 31.4 Å². The standard InChI is InChI=1S/C20H18F2O6/c1-25-17-13-14(7-9-16(17)28-20(21)22)8-10-18(23)26-11-12-27-19(24)15-5-3-2-4-6-15/h2-10,13,20H,11-12H2,1H3. The fraction of sp³-hybridized carbons (Fsp3) is 0.200. The number of hydrogen-bond acceptors (Lipinski definition) is 6. The molecule has 0 atom stereocenters. The van der Waals surface area contributed by atoms with Crippen molar-refractivity contribution in [3.05, 3.63) is 65.7 Å². The Balaban J connectivity index is 1.79. The second-order valence-electron chi connectivity index (χ2n) is 5.29. The Labute approximate surface area is 160 Å². The molecule has 0 bridgehead atoms. The van der Waals surface area contributed by atoms with Crippen molar-refractivity contribution in [3.63, 3.8) is 0 Å². The van der Waals surface area contributed by atoms with Crippen LogP contribution in [-0.2, 0) is 14.3 Å². The predicted octanol–water partition coefficient (Wildman–Crippen LogP) is 3.71. The number of carbonyl (C=O) groups excluding carboxylic acids is 2. The Morgan fingerprint density at radius 2 is 1.71 bits per heavy atom. The number of rotatable bonds is 9. The largest absolute Gasteiger partial charge is 0.493 e. The van der Waals surface area contributed by atoms with Crippen LogP contribution in [0.5, 0.6) is 11.5 Å². The molecule has 6 nitrogen and oxygen atoms in total. The highest BCUT2D eigenvalue weighted by Gasteiger charge is 2.10. The molecule has 2 aromatic carbocycles. The molecular formula is C20H18F2O6. The van der Waals surface area contributed by atoms with E-state index in [1.54, 1.807) is 30.3 Å². The monoisotopic (exact) mass is 392 g/mol. The first-order valence-electron chi connectivity index (χ1n) is 8.19. The molecule has 148 valence electrons. The lowest BCUT2D eigenvalue weighted by Gasteiger charge is -2.10. The van der Waals surface area contributed by atoms with Gasteiger partial charge in [-0.3, -0.25) is 0 Å². The molecule has 0 spiro atoms. The minimum absolute atomic E-state index is 0.0825. The van der Waals surface area contributed by atoms with Crippen LogP contribution in [-0.4, -0.2) is 38.9 Å². The number of methoxy groups -OCH3 is 1. The fourth-order valence-electron chi connectivity index (χ4n) is 2.13. The Kier molecular flexibility index (Phi) is 7.95. The van der Waals surface area contributed by atoms with Gasteiger partial charge in [-0.1, -0.05) is 24.3 Å². The molecule has 0 saturated carbocycles. The summed E-state index contributed by atoms with van der Waals surface area (Å²) in [6.07, 6.45) is 2.58. The average molecular weight is 392 g/mol. The lowest BCUT2D eigenvalue weighted by molar-refractivity contribution is -0.138. The lowest BCUT2D eigenvalue weighted by atomic mass is 10.2. The minimum Gasteiger partial charge on any atom is -0.493 e. The van der Waals surface area contributed by atoms with Crippen LogP contribution in [0.4, 0.5) is 8.78 Å². The third-order valence-corrected chi connectivity index (χ3v) is 3.39. The molecule has 2 aromatic rings. The van der Waals surface area contributed by atoms with Crippen molar-refractivity contribution in [2.24, 2.45) is 0 Å². The minimum atomic E-state index is -2.97. The second kappa shape index (κ2) is 10.7. The highest BCUT2D eigenvalue weighted by atomic mass is 19.3. The van der Waals surface area contributed by atoms with Crippen LogP contribution < -0.4 is 9.47 Å². The van der Waals surface area contributed by atoms with Crippen molar-refractivity contribution >= 4 is 18.0 Å². The van der Waals surface area contributed by atoms with Crippen LogP contribution in [0.1, 0.15) is 15.9 Å². The summed E-state index contributed by atoms with van der Waals surface area (Å²) in [5.41, 5.74) is 0.924. The van der Waals surface area contributed by atoms with Crippen molar-refractivity contribution < 1.29 is 37.3 Å². The normalized spacial score (nSPS) is 10.7. The summed E-state index contributed by atoms with van der Waals surface area (Å²) >= 11 is 0. The molecule has 0 unspecified atom stereocenters. The van der Waals surface area contributed by atoms with Crippen molar-refractivity contribution in [3.8, 4) is 11.5 Å². The van der Waals surface area contributed by atoms with E-state index in [0.717, 1.165) is 6.08 Å². The van der Waals surface area contributed by atoms with Crippen LogP contribution in [0, 0.1) is 0 Å². The summed E-state index contributed by atoms with van der Waals surface area (Å²) in [6, 6.07) is 12.6. The van der Waals surface area contributed by atoms with Crippen LogP contribution in [0.3, 0.4) is 0 Å². The van der Waals surface area contributed by atoms with Gasteiger partial charge < -0.3 is 18.9 Å². The number of carbonyl (C=O) groups is 2. The summed E-state index contributed by atoms with van der Waals surface area (Å²) in [6.45, 7) is -3.16. The van der Waals surface area contributed by atoms with E-state index in [0.29, 0.717) is 11.1 Å². The third-order valence-electron chi connectivity index (χ3n) is 3.39. The molecule has 0 heterocycles. The second-order valence-corrected chi connectivity index (χ2v) is 5.29. The van der Waals surface area contributed by atoms with Crippen LogP contribution >= 0.6 is 0 Å². The van der Waals surface area contributed by atoms with Gasteiger partial charge in [0.25, 0.3) is 0 Å². The topological polar surface area (TPSA) is 71.1 Å². The van der Waals surface area contributed by atoms with E-state index in [4.69, 9.17) is 14.2 Å². The SMILES string of the molecule is COc1cc(C=CC(=O)OCCOC(=O)c2ccccc2)ccc1OC(F)F. The number of benzene rings is 2. The number of alkyl halides is 2. The van der Waals surface area contributed by atoms with E-state index in [9.17, 15) is 18.4 Å². The molecule has 0 saturated heterocycles. The number of esters is 2. The van der Waals surface area contributed by atoms with E-state index in [1.807, 2.05) is 0 Å². The molecule has 8 heteroatoms. The maximum absolute atomic E-state index is 12.3. The number of hydrogen-bond donors (Lipinski definition) is 0. The van der Waals surface area contributed by atoms with Gasteiger partial charge in [0.1, 0.15) is 13.2 Å². The maximum atomic E-state index is 12.3.